The highest BCUT2D eigenvalue weighted by Crippen LogP contribution is 2.36. The Bertz CT molecular complexity index is 851. The molecule has 5 nitrogen and oxygen atoms in total. The minimum atomic E-state index is -3.25. The smallest absolute Gasteiger partial charge is 0.226 e. The Hall–Kier alpha value is -1.18. The Kier molecular flexibility index (Phi) is 7.46. The second-order valence-electron chi connectivity index (χ2n) is 8.94. The molecule has 30 heavy (non-hydrogen) atoms. The standard InChI is InChI=1S/C22H32ClFN2O3S/c1-15-6-4-9-21(16(15)2)26(14-18-19(23)7-5-8-20(18)24)22(27)17-10-12-25(13-11-17)30(3,28)29/h5,7-8,15-17,21H,4,6,9-14H2,1-3H3/t15-,16+,21+/m1/s1. The fourth-order valence-corrected chi connectivity index (χ4v) is 5.97. The van der Waals surface area contributed by atoms with Crippen LogP contribution in [0.5, 0.6) is 0 Å². The predicted octanol–water partition coefficient (Wildman–Crippen LogP) is 4.30. The van der Waals surface area contributed by atoms with Gasteiger partial charge in [-0.25, -0.2) is 17.1 Å². The molecule has 3 atom stereocenters. The lowest BCUT2D eigenvalue weighted by atomic mass is 9.76. The average molecular weight is 459 g/mol. The molecule has 0 spiro atoms. The molecule has 0 bridgehead atoms. The first-order valence-corrected chi connectivity index (χ1v) is 13.0. The van der Waals surface area contributed by atoms with E-state index in [2.05, 4.69) is 13.8 Å². The molecule has 168 valence electrons. The Labute approximate surface area is 184 Å². The lowest BCUT2D eigenvalue weighted by Gasteiger charge is -2.44. The summed E-state index contributed by atoms with van der Waals surface area (Å²) in [4.78, 5) is 15.5. The number of benzene rings is 1. The topological polar surface area (TPSA) is 57.7 Å². The number of nitrogens with zero attached hydrogens (tertiary/aromatic N) is 2. The largest absolute Gasteiger partial charge is 0.335 e. The van der Waals surface area contributed by atoms with Crippen LogP contribution in [0, 0.1) is 23.6 Å². The maximum absolute atomic E-state index is 14.5. The van der Waals surface area contributed by atoms with Crippen LogP contribution in [0.15, 0.2) is 18.2 Å². The summed E-state index contributed by atoms with van der Waals surface area (Å²) in [6.07, 6.45) is 5.25. The van der Waals surface area contributed by atoms with Gasteiger partial charge in [-0.1, -0.05) is 44.4 Å². The molecule has 1 heterocycles. The molecular weight excluding hydrogens is 427 g/mol. The normalized spacial score (nSPS) is 26.5. The number of carbonyl (C=O) groups excluding carboxylic acids is 1. The fraction of sp³-hybridized carbons (Fsp3) is 0.682. The highest BCUT2D eigenvalue weighted by atomic mass is 35.5. The van der Waals surface area contributed by atoms with E-state index in [4.69, 9.17) is 11.6 Å². The maximum Gasteiger partial charge on any atom is 0.226 e. The number of hydrogen-bond acceptors (Lipinski definition) is 3. The summed E-state index contributed by atoms with van der Waals surface area (Å²) >= 11 is 6.29. The summed E-state index contributed by atoms with van der Waals surface area (Å²) in [6, 6.07) is 4.63. The van der Waals surface area contributed by atoms with Crippen molar-refractivity contribution in [3.63, 3.8) is 0 Å². The maximum atomic E-state index is 14.5. The van der Waals surface area contributed by atoms with Crippen molar-refractivity contribution in [3.05, 3.63) is 34.6 Å². The van der Waals surface area contributed by atoms with Gasteiger partial charge in [-0.3, -0.25) is 4.79 Å². The summed E-state index contributed by atoms with van der Waals surface area (Å²) in [5.74, 6) is 0.140. The molecule has 1 aliphatic carbocycles. The van der Waals surface area contributed by atoms with Crippen LogP contribution in [-0.4, -0.2) is 48.9 Å². The van der Waals surface area contributed by atoms with Gasteiger partial charge in [-0.2, -0.15) is 0 Å². The Balaban J connectivity index is 1.85. The van der Waals surface area contributed by atoms with Crippen LogP contribution in [0.4, 0.5) is 4.39 Å². The van der Waals surface area contributed by atoms with Crippen LogP contribution in [-0.2, 0) is 21.4 Å². The van der Waals surface area contributed by atoms with Crippen molar-refractivity contribution in [2.24, 2.45) is 17.8 Å². The third-order valence-electron chi connectivity index (χ3n) is 7.01. The van der Waals surface area contributed by atoms with E-state index in [0.29, 0.717) is 48.4 Å². The van der Waals surface area contributed by atoms with Crippen LogP contribution in [0.1, 0.15) is 51.5 Å². The van der Waals surface area contributed by atoms with Crippen molar-refractivity contribution in [1.82, 2.24) is 9.21 Å². The molecule has 0 aromatic heterocycles. The van der Waals surface area contributed by atoms with E-state index in [0.717, 1.165) is 19.3 Å². The monoisotopic (exact) mass is 458 g/mol. The summed E-state index contributed by atoms with van der Waals surface area (Å²) < 4.78 is 39.6. The molecule has 1 saturated carbocycles. The van der Waals surface area contributed by atoms with Gasteiger partial charge < -0.3 is 4.90 Å². The Morgan fingerprint density at radius 2 is 1.87 bits per heavy atom. The molecule has 1 amide bonds. The summed E-state index contributed by atoms with van der Waals surface area (Å²) in [5.41, 5.74) is 0.353. The van der Waals surface area contributed by atoms with Crippen molar-refractivity contribution in [2.45, 2.75) is 58.5 Å². The molecular formula is C22H32ClFN2O3S. The van der Waals surface area contributed by atoms with Crippen LogP contribution in [0.25, 0.3) is 0 Å². The number of amides is 1. The summed E-state index contributed by atoms with van der Waals surface area (Å²) in [6.45, 7) is 5.23. The number of carbonyl (C=O) groups is 1. The molecule has 1 aromatic carbocycles. The minimum Gasteiger partial charge on any atom is -0.335 e. The number of hydrogen-bond donors (Lipinski definition) is 0. The van der Waals surface area contributed by atoms with E-state index in [9.17, 15) is 17.6 Å². The lowest BCUT2D eigenvalue weighted by molar-refractivity contribution is -0.142. The van der Waals surface area contributed by atoms with Crippen molar-refractivity contribution in [2.75, 3.05) is 19.3 Å². The molecule has 0 unspecified atom stereocenters. The van der Waals surface area contributed by atoms with E-state index in [-0.39, 0.29) is 24.4 Å². The first kappa shape index (κ1) is 23.5. The van der Waals surface area contributed by atoms with Gasteiger partial charge in [-0.05, 0) is 43.2 Å². The van der Waals surface area contributed by atoms with Gasteiger partial charge in [0.25, 0.3) is 0 Å². The third kappa shape index (κ3) is 5.17. The van der Waals surface area contributed by atoms with Gasteiger partial charge >= 0.3 is 0 Å². The zero-order valence-corrected chi connectivity index (χ0v) is 19.6. The van der Waals surface area contributed by atoms with Gasteiger partial charge in [0.15, 0.2) is 0 Å². The van der Waals surface area contributed by atoms with Crippen LogP contribution < -0.4 is 0 Å². The van der Waals surface area contributed by atoms with Gasteiger partial charge in [-0.15, -0.1) is 0 Å². The molecule has 3 rings (SSSR count). The zero-order chi connectivity index (χ0) is 22.1. The van der Waals surface area contributed by atoms with Crippen molar-refractivity contribution in [3.8, 4) is 0 Å². The van der Waals surface area contributed by atoms with Gasteiger partial charge in [0, 0.05) is 35.6 Å². The second-order valence-corrected chi connectivity index (χ2v) is 11.3. The van der Waals surface area contributed by atoms with Crippen molar-refractivity contribution in [1.29, 1.82) is 0 Å². The van der Waals surface area contributed by atoms with Gasteiger partial charge in [0.1, 0.15) is 5.82 Å². The Morgan fingerprint density at radius 3 is 2.47 bits per heavy atom. The number of sulfonamides is 1. The van der Waals surface area contributed by atoms with E-state index in [1.54, 1.807) is 12.1 Å². The molecule has 1 saturated heterocycles. The summed E-state index contributed by atoms with van der Waals surface area (Å²) in [5, 5.41) is 0.330. The van der Waals surface area contributed by atoms with Crippen molar-refractivity contribution >= 4 is 27.5 Å². The van der Waals surface area contributed by atoms with Crippen LogP contribution in [0.2, 0.25) is 5.02 Å². The van der Waals surface area contributed by atoms with E-state index < -0.39 is 15.8 Å². The lowest BCUT2D eigenvalue weighted by Crippen LogP contribution is -2.51. The molecule has 0 radical (unpaired) electrons. The van der Waals surface area contributed by atoms with Crippen molar-refractivity contribution < 1.29 is 17.6 Å². The third-order valence-corrected chi connectivity index (χ3v) is 8.67. The minimum absolute atomic E-state index is 0.00609. The fourth-order valence-electron chi connectivity index (χ4n) is 4.87. The van der Waals surface area contributed by atoms with Crippen LogP contribution >= 0.6 is 11.6 Å². The zero-order valence-electron chi connectivity index (χ0n) is 18.0. The molecule has 8 heteroatoms. The van der Waals surface area contributed by atoms with E-state index in [1.807, 2.05) is 4.90 Å². The number of halogens is 2. The van der Waals surface area contributed by atoms with E-state index in [1.165, 1.54) is 16.6 Å². The SMILES string of the molecule is C[C@H]1[C@H](C)CCC[C@@H]1N(Cc1c(F)cccc1Cl)C(=O)C1CCN(S(C)(=O)=O)CC1. The van der Waals surface area contributed by atoms with E-state index >= 15 is 0 Å². The highest BCUT2D eigenvalue weighted by Gasteiger charge is 2.38. The molecule has 2 fully saturated rings. The summed E-state index contributed by atoms with van der Waals surface area (Å²) in [7, 11) is -3.25. The average Bonchev–Trinajstić information content (AvgIpc) is 2.69. The first-order chi connectivity index (χ1) is 14.1. The Morgan fingerprint density at radius 1 is 1.20 bits per heavy atom. The van der Waals surface area contributed by atoms with Gasteiger partial charge in [0.05, 0.1) is 12.8 Å². The van der Waals surface area contributed by atoms with Crippen LogP contribution in [0.3, 0.4) is 0 Å². The number of piperidine rings is 1. The number of rotatable bonds is 5. The predicted molar refractivity (Wildman–Crippen MR) is 117 cm³/mol. The second kappa shape index (κ2) is 9.53. The molecule has 0 N–H and O–H groups in total. The molecule has 2 aliphatic rings. The van der Waals surface area contributed by atoms with Gasteiger partial charge in [0.2, 0.25) is 15.9 Å². The quantitative estimate of drug-likeness (QED) is 0.660. The molecule has 1 aliphatic heterocycles. The molecule has 1 aromatic rings. The highest BCUT2D eigenvalue weighted by molar-refractivity contribution is 7.88. The first-order valence-electron chi connectivity index (χ1n) is 10.8.